The van der Waals surface area contributed by atoms with Crippen LogP contribution in [0.2, 0.25) is 0 Å². The fraction of sp³-hybridized carbons (Fsp3) is 0.379. The third-order valence-electron chi connectivity index (χ3n) is 7.30. The molecule has 1 unspecified atom stereocenters. The van der Waals surface area contributed by atoms with Crippen LogP contribution in [0.1, 0.15) is 54.9 Å². The molecule has 0 spiro atoms. The van der Waals surface area contributed by atoms with Crippen molar-refractivity contribution >= 4 is 0 Å². The van der Waals surface area contributed by atoms with Crippen LogP contribution in [0.5, 0.6) is 5.75 Å². The Hall–Kier alpha value is -2.62. The third-order valence-corrected chi connectivity index (χ3v) is 7.30. The SMILES string of the molecule is Oc1ccc(CN2[C@@H]3CC[C@H]2CC(CCOC(c2ccccc2)c2ccccc2)C3)cc1. The van der Waals surface area contributed by atoms with E-state index in [0.29, 0.717) is 17.8 Å². The van der Waals surface area contributed by atoms with Crippen molar-refractivity contribution in [3.8, 4) is 5.75 Å². The summed E-state index contributed by atoms with van der Waals surface area (Å²) in [6, 6.07) is 30.3. The Morgan fingerprint density at radius 3 is 1.91 bits per heavy atom. The highest BCUT2D eigenvalue weighted by molar-refractivity contribution is 5.30. The first-order valence-electron chi connectivity index (χ1n) is 12.0. The summed E-state index contributed by atoms with van der Waals surface area (Å²) in [4.78, 5) is 2.71. The lowest BCUT2D eigenvalue weighted by Crippen LogP contribution is -2.42. The van der Waals surface area contributed by atoms with Crippen LogP contribution in [0, 0.1) is 5.92 Å². The lowest BCUT2D eigenvalue weighted by molar-refractivity contribution is 0.0441. The number of phenols is 1. The van der Waals surface area contributed by atoms with Crippen molar-refractivity contribution in [2.75, 3.05) is 6.61 Å². The Morgan fingerprint density at radius 2 is 1.34 bits per heavy atom. The normalized spacial score (nSPS) is 23.0. The molecule has 1 N–H and O–H groups in total. The first kappa shape index (κ1) is 21.2. The molecule has 2 fully saturated rings. The number of rotatable bonds is 8. The van der Waals surface area contributed by atoms with Gasteiger partial charge in [-0.05, 0) is 66.8 Å². The fourth-order valence-corrected chi connectivity index (χ4v) is 5.69. The van der Waals surface area contributed by atoms with E-state index in [1.807, 2.05) is 0 Å². The number of fused-ring (bicyclic) bond motifs is 2. The Labute approximate surface area is 191 Å². The summed E-state index contributed by atoms with van der Waals surface area (Å²) < 4.78 is 6.50. The number of hydrogen-bond acceptors (Lipinski definition) is 3. The van der Waals surface area contributed by atoms with Crippen molar-refractivity contribution in [2.45, 2.75) is 56.8 Å². The molecule has 2 bridgehead atoms. The van der Waals surface area contributed by atoms with Crippen molar-refractivity contribution in [1.29, 1.82) is 0 Å². The summed E-state index contributed by atoms with van der Waals surface area (Å²) in [5.74, 6) is 1.09. The third kappa shape index (κ3) is 4.90. The zero-order valence-electron chi connectivity index (χ0n) is 18.6. The number of nitrogens with zero attached hydrogens (tertiary/aromatic N) is 1. The Bertz CT molecular complexity index is 920. The summed E-state index contributed by atoms with van der Waals surface area (Å²) in [5.41, 5.74) is 3.75. The molecule has 2 aliphatic heterocycles. The highest BCUT2D eigenvalue weighted by Gasteiger charge is 2.40. The largest absolute Gasteiger partial charge is 0.508 e. The molecule has 3 aromatic rings. The molecule has 0 amide bonds. The van der Waals surface area contributed by atoms with Crippen molar-refractivity contribution in [2.24, 2.45) is 5.92 Å². The molecule has 3 atom stereocenters. The molecule has 0 radical (unpaired) electrons. The van der Waals surface area contributed by atoms with Crippen molar-refractivity contribution in [3.63, 3.8) is 0 Å². The highest BCUT2D eigenvalue weighted by Crippen LogP contribution is 2.41. The molecular weight excluding hydrogens is 394 g/mol. The first-order chi connectivity index (χ1) is 15.8. The van der Waals surface area contributed by atoms with Gasteiger partial charge in [0.15, 0.2) is 0 Å². The monoisotopic (exact) mass is 427 g/mol. The van der Waals surface area contributed by atoms with Crippen LogP contribution in [0.15, 0.2) is 84.9 Å². The maximum absolute atomic E-state index is 9.56. The van der Waals surface area contributed by atoms with Crippen LogP contribution in [-0.2, 0) is 11.3 Å². The number of ether oxygens (including phenoxy) is 1. The van der Waals surface area contributed by atoms with Gasteiger partial charge in [0.05, 0.1) is 0 Å². The van der Waals surface area contributed by atoms with Gasteiger partial charge in [0, 0.05) is 25.2 Å². The molecule has 3 aromatic carbocycles. The average molecular weight is 428 g/mol. The summed E-state index contributed by atoms with van der Waals surface area (Å²) >= 11 is 0. The predicted octanol–water partition coefficient (Wildman–Crippen LogP) is 6.33. The summed E-state index contributed by atoms with van der Waals surface area (Å²) in [7, 11) is 0. The highest BCUT2D eigenvalue weighted by atomic mass is 16.5. The van der Waals surface area contributed by atoms with Crippen LogP contribution in [0.3, 0.4) is 0 Å². The van der Waals surface area contributed by atoms with E-state index in [2.05, 4.69) is 77.7 Å². The number of aromatic hydroxyl groups is 1. The first-order valence-corrected chi connectivity index (χ1v) is 12.0. The summed E-state index contributed by atoms with van der Waals surface area (Å²) in [6.07, 6.45) is 6.33. The summed E-state index contributed by atoms with van der Waals surface area (Å²) in [5, 5.41) is 9.56. The number of phenolic OH excluding ortho intramolecular Hbond substituents is 1. The van der Waals surface area contributed by atoms with Crippen molar-refractivity contribution in [1.82, 2.24) is 4.90 Å². The van der Waals surface area contributed by atoms with Gasteiger partial charge in [0.1, 0.15) is 11.9 Å². The van der Waals surface area contributed by atoms with Crippen LogP contribution >= 0.6 is 0 Å². The molecule has 2 heterocycles. The van der Waals surface area contributed by atoms with Gasteiger partial charge >= 0.3 is 0 Å². The van der Waals surface area contributed by atoms with Gasteiger partial charge in [0.25, 0.3) is 0 Å². The van der Waals surface area contributed by atoms with Crippen LogP contribution < -0.4 is 0 Å². The molecule has 3 heteroatoms. The van der Waals surface area contributed by atoms with Crippen molar-refractivity contribution < 1.29 is 9.84 Å². The predicted molar refractivity (Wildman–Crippen MR) is 128 cm³/mol. The molecule has 0 aliphatic carbocycles. The molecule has 2 saturated heterocycles. The molecule has 32 heavy (non-hydrogen) atoms. The quantitative estimate of drug-likeness (QED) is 0.456. The van der Waals surface area contributed by atoms with Crippen LogP contribution in [-0.4, -0.2) is 28.7 Å². The lowest BCUT2D eigenvalue weighted by Gasteiger charge is -2.39. The van der Waals surface area contributed by atoms with E-state index in [9.17, 15) is 5.11 Å². The fourth-order valence-electron chi connectivity index (χ4n) is 5.69. The Balaban J connectivity index is 1.17. The number of piperidine rings is 1. The van der Waals surface area contributed by atoms with Gasteiger partial charge in [0.2, 0.25) is 0 Å². The van der Waals surface area contributed by atoms with Crippen LogP contribution in [0.25, 0.3) is 0 Å². The molecule has 0 saturated carbocycles. The van der Waals surface area contributed by atoms with E-state index in [1.165, 1.54) is 42.4 Å². The van der Waals surface area contributed by atoms with E-state index in [-0.39, 0.29) is 6.10 Å². The lowest BCUT2D eigenvalue weighted by atomic mass is 9.88. The van der Waals surface area contributed by atoms with Gasteiger partial charge < -0.3 is 9.84 Å². The van der Waals surface area contributed by atoms with E-state index in [1.54, 1.807) is 12.1 Å². The zero-order chi connectivity index (χ0) is 21.8. The van der Waals surface area contributed by atoms with Gasteiger partial charge in [-0.15, -0.1) is 0 Å². The second-order valence-electron chi connectivity index (χ2n) is 9.42. The number of benzene rings is 3. The van der Waals surface area contributed by atoms with Gasteiger partial charge in [-0.25, -0.2) is 0 Å². The van der Waals surface area contributed by atoms with E-state index in [4.69, 9.17) is 4.74 Å². The van der Waals surface area contributed by atoms with Gasteiger partial charge in [-0.1, -0.05) is 72.8 Å². The second-order valence-corrected chi connectivity index (χ2v) is 9.42. The standard InChI is InChI=1S/C29H33NO2/c31-28-15-11-22(12-16-28)21-30-26-13-14-27(30)20-23(19-26)17-18-32-29(24-7-3-1-4-8-24)25-9-5-2-6-10-25/h1-12,15-16,23,26-27,29,31H,13-14,17-21H2/t23?,26-,27+. The maximum atomic E-state index is 9.56. The molecule has 0 aromatic heterocycles. The minimum atomic E-state index is 0.00343. The van der Waals surface area contributed by atoms with Crippen molar-refractivity contribution in [3.05, 3.63) is 102 Å². The van der Waals surface area contributed by atoms with Gasteiger partial charge in [-0.2, -0.15) is 0 Å². The molecule has 2 aliphatic rings. The van der Waals surface area contributed by atoms with E-state index >= 15 is 0 Å². The second kappa shape index (κ2) is 9.89. The molecule has 166 valence electrons. The summed E-state index contributed by atoms with van der Waals surface area (Å²) in [6.45, 7) is 1.81. The topological polar surface area (TPSA) is 32.7 Å². The van der Waals surface area contributed by atoms with E-state index < -0.39 is 0 Å². The molecular formula is C29H33NO2. The molecule has 3 nitrogen and oxygen atoms in total. The number of hydrogen-bond donors (Lipinski definition) is 1. The minimum Gasteiger partial charge on any atom is -0.508 e. The smallest absolute Gasteiger partial charge is 0.115 e. The molecule has 5 rings (SSSR count). The van der Waals surface area contributed by atoms with Crippen LogP contribution in [0.4, 0.5) is 0 Å². The Morgan fingerprint density at radius 1 is 0.781 bits per heavy atom. The maximum Gasteiger partial charge on any atom is 0.115 e. The zero-order valence-corrected chi connectivity index (χ0v) is 18.6. The Kier molecular flexibility index (Phi) is 6.56. The average Bonchev–Trinajstić information content (AvgIpc) is 3.06. The van der Waals surface area contributed by atoms with E-state index in [0.717, 1.165) is 25.5 Å². The van der Waals surface area contributed by atoms with Gasteiger partial charge in [-0.3, -0.25) is 4.90 Å². The minimum absolute atomic E-state index is 0.00343.